The van der Waals surface area contributed by atoms with E-state index in [-0.39, 0.29) is 0 Å². The molecule has 0 spiro atoms. The van der Waals surface area contributed by atoms with E-state index in [1.54, 1.807) is 0 Å². The molecule has 1 saturated carbocycles. The highest BCUT2D eigenvalue weighted by molar-refractivity contribution is 5.30. The van der Waals surface area contributed by atoms with Crippen LogP contribution in [0.3, 0.4) is 0 Å². The molecule has 2 aromatic rings. The third kappa shape index (κ3) is 6.39. The van der Waals surface area contributed by atoms with Crippen LogP contribution >= 0.6 is 0 Å². The van der Waals surface area contributed by atoms with Crippen LogP contribution in [0.25, 0.3) is 0 Å². The Morgan fingerprint density at radius 2 is 1.76 bits per heavy atom. The molecule has 1 fully saturated rings. The molecule has 0 aromatic heterocycles. The normalized spacial score (nSPS) is 13.4. The Bertz CT molecular complexity index is 644. The van der Waals surface area contributed by atoms with Crippen LogP contribution in [0.1, 0.15) is 41.5 Å². The smallest absolute Gasteiger partial charge is 0.0423 e. The van der Waals surface area contributed by atoms with Gasteiger partial charge in [-0.3, -0.25) is 0 Å². The van der Waals surface area contributed by atoms with Gasteiger partial charge in [0.05, 0.1) is 0 Å². The number of nitrogens with two attached hydrogens (primary N) is 1. The lowest BCUT2D eigenvalue weighted by molar-refractivity contribution is 0.219. The molecule has 1 aliphatic carbocycles. The molecule has 134 valence electrons. The Morgan fingerprint density at radius 1 is 1.04 bits per heavy atom. The monoisotopic (exact) mass is 336 g/mol. The van der Waals surface area contributed by atoms with Crippen LogP contribution in [-0.4, -0.2) is 11.4 Å². The van der Waals surface area contributed by atoms with Crippen molar-refractivity contribution in [2.75, 3.05) is 6.54 Å². The molecule has 1 aliphatic rings. The van der Waals surface area contributed by atoms with Crippen molar-refractivity contribution in [2.24, 2.45) is 11.7 Å². The Kier molecular flexibility index (Phi) is 7.75. The lowest BCUT2D eigenvalue weighted by Crippen LogP contribution is -2.28. The molecule has 0 heterocycles. The minimum Gasteiger partial charge on any atom is -0.373 e. The molecule has 3 rings (SSSR count). The Hall–Kier alpha value is -2.06. The van der Waals surface area contributed by atoms with Crippen molar-refractivity contribution in [3.05, 3.63) is 83.6 Å². The molecule has 0 radical (unpaired) electrons. The molecule has 2 aromatic carbocycles. The van der Waals surface area contributed by atoms with Gasteiger partial charge in [0.25, 0.3) is 0 Å². The standard InChI is InChI=1S/C16H23N.C7H9N/c1-4-17(11-15-6-5-7-15)12-16-9-8-13(2)14(3)10-16;8-6-7-4-2-1-3-5-7/h4,8-10,15H,1,5-7,11-12H2,2-3H3;1-5H,6,8H2. The fraction of sp³-hybridized carbons (Fsp3) is 0.391. The fourth-order valence-corrected chi connectivity index (χ4v) is 2.96. The molecule has 2 heteroatoms. The lowest BCUT2D eigenvalue weighted by Gasteiger charge is -2.31. The maximum atomic E-state index is 5.35. The zero-order chi connectivity index (χ0) is 18.1. The van der Waals surface area contributed by atoms with Gasteiger partial charge >= 0.3 is 0 Å². The van der Waals surface area contributed by atoms with Gasteiger partial charge in [0.15, 0.2) is 0 Å². The van der Waals surface area contributed by atoms with Crippen molar-refractivity contribution in [1.29, 1.82) is 0 Å². The van der Waals surface area contributed by atoms with Gasteiger partial charge in [-0.05, 0) is 61.1 Å². The van der Waals surface area contributed by atoms with Gasteiger partial charge in [0, 0.05) is 19.6 Å². The third-order valence-electron chi connectivity index (χ3n) is 5.01. The highest BCUT2D eigenvalue weighted by Gasteiger charge is 2.19. The molecule has 0 atom stereocenters. The van der Waals surface area contributed by atoms with Gasteiger partial charge in [0.2, 0.25) is 0 Å². The quantitative estimate of drug-likeness (QED) is 0.786. The van der Waals surface area contributed by atoms with Crippen LogP contribution in [-0.2, 0) is 13.1 Å². The summed E-state index contributed by atoms with van der Waals surface area (Å²) in [6.45, 7) is 11.1. The first kappa shape index (κ1) is 19.3. The Morgan fingerprint density at radius 3 is 2.24 bits per heavy atom. The molecule has 0 aliphatic heterocycles. The first-order chi connectivity index (χ1) is 12.1. The average molecular weight is 337 g/mol. The van der Waals surface area contributed by atoms with Gasteiger partial charge in [-0.15, -0.1) is 0 Å². The van der Waals surface area contributed by atoms with E-state index >= 15 is 0 Å². The van der Waals surface area contributed by atoms with Crippen molar-refractivity contribution >= 4 is 0 Å². The van der Waals surface area contributed by atoms with Gasteiger partial charge in [-0.25, -0.2) is 0 Å². The first-order valence-electron chi connectivity index (χ1n) is 9.29. The van der Waals surface area contributed by atoms with Crippen LogP contribution in [0.15, 0.2) is 61.3 Å². The topological polar surface area (TPSA) is 29.3 Å². The number of benzene rings is 2. The Labute approximate surface area is 153 Å². The average Bonchev–Trinajstić information content (AvgIpc) is 2.61. The van der Waals surface area contributed by atoms with Crippen molar-refractivity contribution in [3.63, 3.8) is 0 Å². The van der Waals surface area contributed by atoms with Gasteiger partial charge in [-0.1, -0.05) is 61.5 Å². The Balaban J connectivity index is 0.000000236. The summed E-state index contributed by atoms with van der Waals surface area (Å²) in [5, 5.41) is 0. The van der Waals surface area contributed by atoms with Gasteiger partial charge in [0.1, 0.15) is 0 Å². The molecule has 2 N–H and O–H groups in total. The summed E-state index contributed by atoms with van der Waals surface area (Å²) >= 11 is 0. The minimum atomic E-state index is 0.640. The summed E-state index contributed by atoms with van der Waals surface area (Å²) in [4.78, 5) is 2.36. The molecule has 25 heavy (non-hydrogen) atoms. The number of hydrogen-bond acceptors (Lipinski definition) is 2. The maximum Gasteiger partial charge on any atom is 0.0423 e. The molecule has 0 bridgehead atoms. The summed E-state index contributed by atoms with van der Waals surface area (Å²) in [6.07, 6.45) is 6.21. The molecular weight excluding hydrogens is 304 g/mol. The van der Waals surface area contributed by atoms with E-state index in [2.05, 4.69) is 43.5 Å². The number of hydrogen-bond donors (Lipinski definition) is 1. The summed E-state index contributed by atoms with van der Waals surface area (Å²) in [5.74, 6) is 0.902. The van der Waals surface area contributed by atoms with Crippen molar-refractivity contribution in [1.82, 2.24) is 4.90 Å². The number of rotatable bonds is 6. The van der Waals surface area contributed by atoms with Crippen molar-refractivity contribution < 1.29 is 0 Å². The van der Waals surface area contributed by atoms with Gasteiger partial charge < -0.3 is 10.6 Å². The largest absolute Gasteiger partial charge is 0.373 e. The SMILES string of the molecule is C=CN(Cc1ccc(C)c(C)c1)CC1CCC1.NCc1ccccc1. The molecular formula is C23H32N2. The second-order valence-corrected chi connectivity index (χ2v) is 7.02. The summed E-state index contributed by atoms with van der Waals surface area (Å²) in [5.41, 5.74) is 10.7. The van der Waals surface area contributed by atoms with E-state index in [1.807, 2.05) is 36.5 Å². The van der Waals surface area contributed by atoms with Crippen LogP contribution in [0.5, 0.6) is 0 Å². The van der Waals surface area contributed by atoms with Gasteiger partial charge in [-0.2, -0.15) is 0 Å². The molecule has 0 unspecified atom stereocenters. The van der Waals surface area contributed by atoms with E-state index in [0.29, 0.717) is 6.54 Å². The second-order valence-electron chi connectivity index (χ2n) is 7.02. The van der Waals surface area contributed by atoms with E-state index in [4.69, 9.17) is 5.73 Å². The summed E-state index contributed by atoms with van der Waals surface area (Å²) < 4.78 is 0. The minimum absolute atomic E-state index is 0.640. The lowest BCUT2D eigenvalue weighted by atomic mass is 9.85. The highest BCUT2D eigenvalue weighted by Crippen LogP contribution is 2.27. The van der Waals surface area contributed by atoms with E-state index in [0.717, 1.165) is 12.5 Å². The second kappa shape index (κ2) is 10.0. The first-order valence-corrected chi connectivity index (χ1v) is 9.29. The zero-order valence-electron chi connectivity index (χ0n) is 15.7. The van der Waals surface area contributed by atoms with Crippen LogP contribution in [0.4, 0.5) is 0 Å². The molecule has 0 amide bonds. The number of aryl methyl sites for hydroxylation is 2. The third-order valence-corrected chi connectivity index (χ3v) is 5.01. The predicted molar refractivity (Wildman–Crippen MR) is 108 cm³/mol. The molecule has 0 saturated heterocycles. The molecule has 2 nitrogen and oxygen atoms in total. The fourth-order valence-electron chi connectivity index (χ4n) is 2.96. The summed E-state index contributed by atoms with van der Waals surface area (Å²) in [7, 11) is 0. The van der Waals surface area contributed by atoms with Crippen molar-refractivity contribution in [2.45, 2.75) is 46.2 Å². The van der Waals surface area contributed by atoms with Crippen molar-refractivity contribution in [3.8, 4) is 0 Å². The van der Waals surface area contributed by atoms with E-state index < -0.39 is 0 Å². The van der Waals surface area contributed by atoms with E-state index in [9.17, 15) is 0 Å². The predicted octanol–water partition coefficient (Wildman–Crippen LogP) is 5.19. The van der Waals surface area contributed by atoms with Crippen LogP contribution in [0.2, 0.25) is 0 Å². The maximum absolute atomic E-state index is 5.35. The highest BCUT2D eigenvalue weighted by atomic mass is 15.1. The zero-order valence-corrected chi connectivity index (χ0v) is 15.7. The number of nitrogens with zero attached hydrogens (tertiary/aromatic N) is 1. The van der Waals surface area contributed by atoms with E-state index in [1.165, 1.54) is 48.1 Å². The van der Waals surface area contributed by atoms with Crippen LogP contribution < -0.4 is 5.73 Å². The summed E-state index contributed by atoms with van der Waals surface area (Å²) in [6, 6.07) is 16.7. The van der Waals surface area contributed by atoms with Crippen LogP contribution in [0, 0.1) is 19.8 Å².